The summed E-state index contributed by atoms with van der Waals surface area (Å²) >= 11 is 0. The molecule has 0 saturated heterocycles. The van der Waals surface area contributed by atoms with Gasteiger partial charge in [-0.2, -0.15) is 0 Å². The monoisotopic (exact) mass is 360 g/mol. The summed E-state index contributed by atoms with van der Waals surface area (Å²) in [7, 11) is 2.50. The fourth-order valence-corrected chi connectivity index (χ4v) is 3.93. The first-order chi connectivity index (χ1) is 10.9. The van der Waals surface area contributed by atoms with Crippen molar-refractivity contribution in [2.24, 2.45) is 5.73 Å². The van der Waals surface area contributed by atoms with Crippen LogP contribution in [0.2, 0.25) is 0 Å². The Morgan fingerprint density at radius 1 is 1.13 bits per heavy atom. The molecule has 23 heavy (non-hydrogen) atoms. The molecule has 1 rings (SSSR count). The number of carbonyl (C=O) groups is 2. The van der Waals surface area contributed by atoms with E-state index in [9.17, 15) is 14.7 Å². The van der Waals surface area contributed by atoms with Gasteiger partial charge in [0.15, 0.2) is 0 Å². The number of aliphatic carboxylic acids is 2. The number of aromatic hydroxyl groups is 1. The standard InChI is InChI=1S/C14H20N2O5S2/c15-10(13(18)19)7-22-23-8-11(14(20)21)16-6-5-9-3-1-2-4-12(9)17/h1-4,10-11,16-17H,5-8,15H2,(H,18,19)(H,20,21)/t10?,11-/m0/s1. The number of rotatable bonds is 11. The van der Waals surface area contributed by atoms with Crippen molar-refractivity contribution in [3.05, 3.63) is 29.8 Å². The predicted molar refractivity (Wildman–Crippen MR) is 91.8 cm³/mol. The molecule has 0 aliphatic rings. The molecular weight excluding hydrogens is 340 g/mol. The van der Waals surface area contributed by atoms with Gasteiger partial charge in [0.25, 0.3) is 0 Å². The Morgan fingerprint density at radius 3 is 2.39 bits per heavy atom. The summed E-state index contributed by atoms with van der Waals surface area (Å²) < 4.78 is 0. The van der Waals surface area contributed by atoms with Gasteiger partial charge in [-0.15, -0.1) is 0 Å². The third-order valence-electron chi connectivity index (χ3n) is 2.96. The van der Waals surface area contributed by atoms with E-state index in [1.807, 2.05) is 6.07 Å². The van der Waals surface area contributed by atoms with Gasteiger partial charge in [-0.05, 0) is 18.1 Å². The average molecular weight is 360 g/mol. The summed E-state index contributed by atoms with van der Waals surface area (Å²) in [6, 6.07) is 5.20. The van der Waals surface area contributed by atoms with E-state index >= 15 is 0 Å². The van der Waals surface area contributed by atoms with E-state index in [0.717, 1.165) is 5.56 Å². The Labute approximate surface area is 142 Å². The molecule has 0 heterocycles. The third kappa shape index (κ3) is 7.60. The SMILES string of the molecule is NC(CSSC[C@H](NCCc1ccccc1O)C(=O)O)C(=O)O. The number of carboxylic acid groups (broad SMARTS) is 2. The number of nitrogens with two attached hydrogens (primary N) is 1. The van der Waals surface area contributed by atoms with E-state index in [0.29, 0.717) is 13.0 Å². The lowest BCUT2D eigenvalue weighted by molar-refractivity contribution is -0.139. The first-order valence-electron chi connectivity index (χ1n) is 6.87. The first-order valence-corrected chi connectivity index (χ1v) is 9.36. The highest BCUT2D eigenvalue weighted by atomic mass is 33.1. The number of carboxylic acids is 2. The van der Waals surface area contributed by atoms with Gasteiger partial charge < -0.3 is 26.4 Å². The lowest BCUT2D eigenvalue weighted by Gasteiger charge is -2.14. The number of benzene rings is 1. The van der Waals surface area contributed by atoms with Gasteiger partial charge in [-0.1, -0.05) is 39.8 Å². The van der Waals surface area contributed by atoms with Gasteiger partial charge >= 0.3 is 11.9 Å². The minimum absolute atomic E-state index is 0.189. The molecule has 0 radical (unpaired) electrons. The number of para-hydroxylation sites is 1. The molecule has 9 heteroatoms. The summed E-state index contributed by atoms with van der Waals surface area (Å²) in [4.78, 5) is 21.8. The van der Waals surface area contributed by atoms with Crippen molar-refractivity contribution >= 4 is 33.5 Å². The Hall–Kier alpha value is -1.42. The molecule has 0 saturated carbocycles. The van der Waals surface area contributed by atoms with Gasteiger partial charge in [0.1, 0.15) is 17.8 Å². The van der Waals surface area contributed by atoms with Gasteiger partial charge in [-0.3, -0.25) is 9.59 Å². The van der Waals surface area contributed by atoms with Crippen LogP contribution in [0, 0.1) is 0 Å². The van der Waals surface area contributed by atoms with Crippen molar-refractivity contribution in [2.75, 3.05) is 18.1 Å². The summed E-state index contributed by atoms with van der Waals surface area (Å²) in [6.45, 7) is 0.411. The highest BCUT2D eigenvalue weighted by Gasteiger charge is 2.18. The molecule has 6 N–H and O–H groups in total. The van der Waals surface area contributed by atoms with Crippen LogP contribution in [0.25, 0.3) is 0 Å². The van der Waals surface area contributed by atoms with E-state index in [-0.39, 0.29) is 17.3 Å². The number of nitrogens with one attached hydrogen (secondary N) is 1. The number of hydrogen-bond donors (Lipinski definition) is 5. The van der Waals surface area contributed by atoms with E-state index in [2.05, 4.69) is 5.32 Å². The molecule has 1 aromatic rings. The number of phenols is 1. The molecular formula is C14H20N2O5S2. The second-order valence-electron chi connectivity index (χ2n) is 4.74. The third-order valence-corrected chi connectivity index (χ3v) is 5.41. The minimum atomic E-state index is -1.08. The van der Waals surface area contributed by atoms with Crippen LogP contribution in [0.15, 0.2) is 24.3 Å². The largest absolute Gasteiger partial charge is 0.508 e. The summed E-state index contributed by atoms with van der Waals surface area (Å²) in [5.74, 6) is -1.36. The van der Waals surface area contributed by atoms with Crippen molar-refractivity contribution < 1.29 is 24.9 Å². The molecule has 128 valence electrons. The van der Waals surface area contributed by atoms with Crippen LogP contribution < -0.4 is 11.1 Å². The Kier molecular flexibility index (Phi) is 8.85. The molecule has 7 nitrogen and oxygen atoms in total. The fraction of sp³-hybridized carbons (Fsp3) is 0.429. The zero-order valence-electron chi connectivity index (χ0n) is 12.3. The molecule has 2 atom stereocenters. The molecule has 1 aromatic carbocycles. The smallest absolute Gasteiger partial charge is 0.321 e. The van der Waals surface area contributed by atoms with Crippen LogP contribution in [0.4, 0.5) is 0 Å². The van der Waals surface area contributed by atoms with Crippen molar-refractivity contribution in [1.29, 1.82) is 0 Å². The number of phenolic OH excluding ortho intramolecular Hbond substituents is 1. The Balaban J connectivity index is 2.31. The van der Waals surface area contributed by atoms with E-state index in [4.69, 9.17) is 15.9 Å². The molecule has 0 spiro atoms. The highest BCUT2D eigenvalue weighted by molar-refractivity contribution is 8.76. The van der Waals surface area contributed by atoms with Gasteiger partial charge in [0.05, 0.1) is 0 Å². The maximum atomic E-state index is 11.2. The van der Waals surface area contributed by atoms with Crippen LogP contribution in [0.1, 0.15) is 5.56 Å². The van der Waals surface area contributed by atoms with Crippen molar-refractivity contribution in [3.8, 4) is 5.75 Å². The Morgan fingerprint density at radius 2 is 1.78 bits per heavy atom. The summed E-state index contributed by atoms with van der Waals surface area (Å²) in [5, 5.41) is 30.4. The minimum Gasteiger partial charge on any atom is -0.508 e. The van der Waals surface area contributed by atoms with E-state index < -0.39 is 24.0 Å². The molecule has 0 bridgehead atoms. The molecule has 0 aromatic heterocycles. The molecule has 1 unspecified atom stereocenters. The quantitative estimate of drug-likeness (QED) is 0.286. The molecule has 0 aliphatic carbocycles. The van der Waals surface area contributed by atoms with Gasteiger partial charge in [0.2, 0.25) is 0 Å². The normalized spacial score (nSPS) is 13.4. The summed E-state index contributed by atoms with van der Waals surface area (Å²) in [5.41, 5.74) is 6.11. The maximum Gasteiger partial charge on any atom is 0.321 e. The van der Waals surface area contributed by atoms with Crippen molar-refractivity contribution in [1.82, 2.24) is 5.32 Å². The highest BCUT2D eigenvalue weighted by Crippen LogP contribution is 2.22. The molecule has 0 amide bonds. The zero-order valence-corrected chi connectivity index (χ0v) is 14.0. The molecule has 0 aliphatic heterocycles. The van der Waals surface area contributed by atoms with Gasteiger partial charge in [0, 0.05) is 18.1 Å². The van der Waals surface area contributed by atoms with Crippen molar-refractivity contribution in [2.45, 2.75) is 18.5 Å². The van der Waals surface area contributed by atoms with E-state index in [1.165, 1.54) is 21.6 Å². The topological polar surface area (TPSA) is 133 Å². The summed E-state index contributed by atoms with van der Waals surface area (Å²) in [6.07, 6.45) is 0.512. The number of hydrogen-bond acceptors (Lipinski definition) is 7. The Bertz CT molecular complexity index is 530. The van der Waals surface area contributed by atoms with Crippen LogP contribution in [0.5, 0.6) is 5.75 Å². The molecule has 0 fully saturated rings. The zero-order chi connectivity index (χ0) is 17.2. The second kappa shape index (κ2) is 10.4. The fourth-order valence-electron chi connectivity index (χ4n) is 1.63. The van der Waals surface area contributed by atoms with Crippen LogP contribution in [-0.4, -0.2) is 57.4 Å². The maximum absolute atomic E-state index is 11.2. The lowest BCUT2D eigenvalue weighted by Crippen LogP contribution is -2.39. The average Bonchev–Trinajstić information content (AvgIpc) is 2.50. The van der Waals surface area contributed by atoms with Crippen molar-refractivity contribution in [3.63, 3.8) is 0 Å². The lowest BCUT2D eigenvalue weighted by atomic mass is 10.1. The first kappa shape index (κ1) is 19.6. The van der Waals surface area contributed by atoms with Crippen LogP contribution in [-0.2, 0) is 16.0 Å². The van der Waals surface area contributed by atoms with E-state index in [1.54, 1.807) is 18.2 Å². The van der Waals surface area contributed by atoms with Crippen LogP contribution in [0.3, 0.4) is 0 Å². The van der Waals surface area contributed by atoms with Crippen LogP contribution >= 0.6 is 21.6 Å². The van der Waals surface area contributed by atoms with Gasteiger partial charge in [-0.25, -0.2) is 0 Å². The predicted octanol–water partition coefficient (Wildman–Crippen LogP) is 0.771. The second-order valence-corrected chi connectivity index (χ2v) is 7.29.